The average Bonchev–Trinajstić information content (AvgIpc) is 2.45. The lowest BCUT2D eigenvalue weighted by atomic mass is 10.1. The third-order valence-electron chi connectivity index (χ3n) is 2.91. The molecule has 0 aliphatic carbocycles. The van der Waals surface area contributed by atoms with E-state index in [4.69, 9.17) is 4.74 Å². The second kappa shape index (κ2) is 7.24. The summed E-state index contributed by atoms with van der Waals surface area (Å²) < 4.78 is 5.94. The van der Waals surface area contributed by atoms with Gasteiger partial charge in [0, 0.05) is 34.4 Å². The predicted molar refractivity (Wildman–Crippen MR) is 83.8 cm³/mol. The third kappa shape index (κ3) is 3.70. The molecule has 0 unspecified atom stereocenters. The fourth-order valence-corrected chi connectivity index (χ4v) is 2.48. The van der Waals surface area contributed by atoms with Gasteiger partial charge < -0.3 is 10.1 Å². The second-order valence-electron chi connectivity index (χ2n) is 4.33. The van der Waals surface area contributed by atoms with Gasteiger partial charge in [0.1, 0.15) is 5.82 Å². The number of rotatable bonds is 6. The Bertz CT molecular complexity index is 601. The van der Waals surface area contributed by atoms with Crippen molar-refractivity contribution >= 4 is 38.5 Å². The molecule has 0 aliphatic heterocycles. The van der Waals surface area contributed by atoms with Crippen molar-refractivity contribution < 1.29 is 9.53 Å². The van der Waals surface area contributed by atoms with Crippen LogP contribution in [0.3, 0.4) is 0 Å². The van der Waals surface area contributed by atoms with Crippen LogP contribution in [-0.2, 0) is 9.53 Å². The van der Waals surface area contributed by atoms with Crippen LogP contribution in [0.2, 0.25) is 0 Å². The van der Waals surface area contributed by atoms with Crippen LogP contribution in [0.5, 0.6) is 0 Å². The molecule has 2 rings (SSSR count). The zero-order chi connectivity index (χ0) is 14.4. The van der Waals surface area contributed by atoms with E-state index in [0.717, 1.165) is 27.5 Å². The average molecular weight is 337 g/mol. The number of nitrogens with one attached hydrogen (secondary N) is 1. The number of ether oxygens (including phenoxy) is 1. The van der Waals surface area contributed by atoms with Crippen LogP contribution in [0.15, 0.2) is 34.9 Å². The first-order valence-electron chi connectivity index (χ1n) is 6.65. The topological polar surface area (TPSA) is 51.2 Å². The number of hydrogen-bond donors (Lipinski definition) is 1. The van der Waals surface area contributed by atoms with Crippen LogP contribution in [0.1, 0.15) is 19.8 Å². The van der Waals surface area contributed by atoms with Crippen LogP contribution in [0.25, 0.3) is 10.8 Å². The Morgan fingerprint density at radius 1 is 1.35 bits per heavy atom. The molecule has 0 bridgehead atoms. The number of pyridine rings is 1. The monoisotopic (exact) mass is 336 g/mol. The fourth-order valence-electron chi connectivity index (χ4n) is 1.98. The number of carbonyl (C=O) groups is 1. The largest absolute Gasteiger partial charge is 0.466 e. The first-order valence-corrected chi connectivity index (χ1v) is 7.44. The van der Waals surface area contributed by atoms with Crippen molar-refractivity contribution in [3.8, 4) is 0 Å². The number of anilines is 1. The molecule has 0 fully saturated rings. The molecule has 0 atom stereocenters. The van der Waals surface area contributed by atoms with E-state index in [0.29, 0.717) is 19.6 Å². The predicted octanol–water partition coefficient (Wildman–Crippen LogP) is 3.75. The Balaban J connectivity index is 1.97. The number of benzene rings is 1. The van der Waals surface area contributed by atoms with E-state index >= 15 is 0 Å². The number of nitrogens with zero attached hydrogens (tertiary/aromatic N) is 1. The highest BCUT2D eigenvalue weighted by Crippen LogP contribution is 2.27. The standard InChI is InChI=1S/C15H17BrN2O2/c1-2-20-14(19)7-4-9-17-15-12-5-3-6-13(16)11(12)8-10-18-15/h3,5-6,8,10H,2,4,7,9H2,1H3,(H,17,18). The van der Waals surface area contributed by atoms with Gasteiger partial charge in [-0.2, -0.15) is 0 Å². The van der Waals surface area contributed by atoms with E-state index in [9.17, 15) is 4.79 Å². The fraction of sp³-hybridized carbons (Fsp3) is 0.333. The zero-order valence-corrected chi connectivity index (χ0v) is 12.9. The maximum atomic E-state index is 11.2. The molecule has 0 saturated carbocycles. The molecule has 0 spiro atoms. The van der Waals surface area contributed by atoms with Crippen molar-refractivity contribution in [2.75, 3.05) is 18.5 Å². The van der Waals surface area contributed by atoms with Gasteiger partial charge >= 0.3 is 5.97 Å². The van der Waals surface area contributed by atoms with Crippen LogP contribution in [0, 0.1) is 0 Å². The first kappa shape index (κ1) is 14.8. The Kier molecular flexibility index (Phi) is 5.35. The highest BCUT2D eigenvalue weighted by atomic mass is 79.9. The molecule has 1 aromatic carbocycles. The number of hydrogen-bond acceptors (Lipinski definition) is 4. The van der Waals surface area contributed by atoms with Gasteiger partial charge in [-0.3, -0.25) is 4.79 Å². The van der Waals surface area contributed by atoms with Gasteiger partial charge in [-0.25, -0.2) is 4.98 Å². The first-order chi connectivity index (χ1) is 9.72. The minimum atomic E-state index is -0.150. The van der Waals surface area contributed by atoms with Crippen LogP contribution < -0.4 is 5.32 Å². The molecule has 106 valence electrons. The molecule has 1 N–H and O–H groups in total. The highest BCUT2D eigenvalue weighted by Gasteiger charge is 2.05. The molecule has 5 heteroatoms. The Hall–Kier alpha value is -1.62. The molecule has 0 radical (unpaired) electrons. The molecule has 0 aliphatic rings. The number of aromatic nitrogens is 1. The normalized spacial score (nSPS) is 10.5. The van der Waals surface area contributed by atoms with E-state index in [1.54, 1.807) is 6.20 Å². The van der Waals surface area contributed by atoms with Crippen LogP contribution in [-0.4, -0.2) is 24.1 Å². The summed E-state index contributed by atoms with van der Waals surface area (Å²) in [6.45, 7) is 2.94. The lowest BCUT2D eigenvalue weighted by Crippen LogP contribution is -2.09. The molecular weight excluding hydrogens is 320 g/mol. The van der Waals surface area contributed by atoms with E-state index < -0.39 is 0 Å². The summed E-state index contributed by atoms with van der Waals surface area (Å²) in [7, 11) is 0. The Morgan fingerprint density at radius 3 is 3.00 bits per heavy atom. The van der Waals surface area contributed by atoms with Crippen molar-refractivity contribution in [3.63, 3.8) is 0 Å². The van der Waals surface area contributed by atoms with Crippen molar-refractivity contribution in [3.05, 3.63) is 34.9 Å². The third-order valence-corrected chi connectivity index (χ3v) is 3.60. The van der Waals surface area contributed by atoms with Crippen LogP contribution in [0.4, 0.5) is 5.82 Å². The number of fused-ring (bicyclic) bond motifs is 1. The summed E-state index contributed by atoms with van der Waals surface area (Å²) in [5, 5.41) is 5.46. The van der Waals surface area contributed by atoms with Gasteiger partial charge in [0.15, 0.2) is 0 Å². The van der Waals surface area contributed by atoms with E-state index in [1.807, 2.05) is 31.2 Å². The van der Waals surface area contributed by atoms with Gasteiger partial charge in [-0.1, -0.05) is 28.1 Å². The summed E-state index contributed by atoms with van der Waals surface area (Å²) in [4.78, 5) is 15.6. The Morgan fingerprint density at radius 2 is 2.20 bits per heavy atom. The SMILES string of the molecule is CCOC(=O)CCCNc1nccc2c(Br)cccc12. The lowest BCUT2D eigenvalue weighted by molar-refractivity contribution is -0.143. The van der Waals surface area contributed by atoms with Gasteiger partial charge in [-0.05, 0) is 25.5 Å². The molecule has 0 amide bonds. The van der Waals surface area contributed by atoms with Gasteiger partial charge in [-0.15, -0.1) is 0 Å². The molecule has 4 nitrogen and oxygen atoms in total. The van der Waals surface area contributed by atoms with Crippen molar-refractivity contribution in [2.45, 2.75) is 19.8 Å². The van der Waals surface area contributed by atoms with Gasteiger partial charge in [0.05, 0.1) is 6.61 Å². The molecule has 1 heterocycles. The minimum absolute atomic E-state index is 0.150. The maximum Gasteiger partial charge on any atom is 0.305 e. The minimum Gasteiger partial charge on any atom is -0.466 e. The molecule has 0 saturated heterocycles. The Labute approximate surface area is 126 Å². The van der Waals surface area contributed by atoms with Crippen molar-refractivity contribution in [1.29, 1.82) is 0 Å². The lowest BCUT2D eigenvalue weighted by Gasteiger charge is -2.09. The van der Waals surface area contributed by atoms with Crippen molar-refractivity contribution in [1.82, 2.24) is 4.98 Å². The summed E-state index contributed by atoms with van der Waals surface area (Å²) >= 11 is 3.53. The summed E-state index contributed by atoms with van der Waals surface area (Å²) in [5.41, 5.74) is 0. The molecule has 1 aromatic heterocycles. The quantitative estimate of drug-likeness (QED) is 0.644. The molecular formula is C15H17BrN2O2. The summed E-state index contributed by atoms with van der Waals surface area (Å²) in [5.74, 6) is 0.690. The number of esters is 1. The van der Waals surface area contributed by atoms with Gasteiger partial charge in [0.2, 0.25) is 0 Å². The van der Waals surface area contributed by atoms with E-state index in [-0.39, 0.29) is 5.97 Å². The van der Waals surface area contributed by atoms with Gasteiger partial charge in [0.25, 0.3) is 0 Å². The number of carbonyl (C=O) groups excluding carboxylic acids is 1. The maximum absolute atomic E-state index is 11.2. The van der Waals surface area contributed by atoms with Crippen molar-refractivity contribution in [2.24, 2.45) is 0 Å². The summed E-state index contributed by atoms with van der Waals surface area (Å²) in [6.07, 6.45) is 2.93. The van der Waals surface area contributed by atoms with Crippen LogP contribution >= 0.6 is 15.9 Å². The van der Waals surface area contributed by atoms with E-state index in [1.165, 1.54) is 0 Å². The molecule has 20 heavy (non-hydrogen) atoms. The second-order valence-corrected chi connectivity index (χ2v) is 5.18. The van der Waals surface area contributed by atoms with E-state index in [2.05, 4.69) is 26.2 Å². The smallest absolute Gasteiger partial charge is 0.305 e. The number of halogens is 1. The zero-order valence-electron chi connectivity index (χ0n) is 11.4. The summed E-state index contributed by atoms with van der Waals surface area (Å²) in [6, 6.07) is 7.99. The molecule has 2 aromatic rings. The highest BCUT2D eigenvalue weighted by molar-refractivity contribution is 9.10.